The summed E-state index contributed by atoms with van der Waals surface area (Å²) < 4.78 is 5.39. The van der Waals surface area contributed by atoms with Crippen molar-refractivity contribution >= 4 is 29.3 Å². The molecule has 0 atom stereocenters. The first-order chi connectivity index (χ1) is 13.1. The summed E-state index contributed by atoms with van der Waals surface area (Å²) in [6.45, 7) is 3.29. The molecule has 0 spiro atoms. The lowest BCUT2D eigenvalue weighted by Gasteiger charge is -2.31. The summed E-state index contributed by atoms with van der Waals surface area (Å²) in [7, 11) is 0. The minimum atomic E-state index is -0.622. The normalized spacial score (nSPS) is 15.4. The summed E-state index contributed by atoms with van der Waals surface area (Å²) in [5.41, 5.74) is 0.633. The van der Waals surface area contributed by atoms with Gasteiger partial charge >= 0.3 is 11.8 Å². The van der Waals surface area contributed by atoms with Crippen LogP contribution >= 0.6 is 11.8 Å². The number of hydrogen-bond donors (Lipinski definition) is 2. The van der Waals surface area contributed by atoms with Crippen molar-refractivity contribution in [2.45, 2.75) is 24.3 Å². The number of furan rings is 1. The van der Waals surface area contributed by atoms with Crippen LogP contribution in [0.5, 0.6) is 0 Å². The lowest BCUT2D eigenvalue weighted by molar-refractivity contribution is -0.136. The zero-order chi connectivity index (χ0) is 19.1. The lowest BCUT2D eigenvalue weighted by atomic mass is 9.96. The third kappa shape index (κ3) is 5.87. The molecule has 0 unspecified atom stereocenters. The van der Waals surface area contributed by atoms with Crippen molar-refractivity contribution in [2.75, 3.05) is 31.2 Å². The van der Waals surface area contributed by atoms with Crippen LogP contribution in [0, 0.1) is 5.92 Å². The molecule has 2 aromatic rings. The minimum Gasteiger partial charge on any atom is -0.468 e. The van der Waals surface area contributed by atoms with Crippen LogP contribution in [0.25, 0.3) is 0 Å². The van der Waals surface area contributed by atoms with E-state index in [1.807, 2.05) is 36.6 Å². The molecule has 0 bridgehead atoms. The number of nitrogens with one attached hydrogen (secondary N) is 2. The first-order valence-electron chi connectivity index (χ1n) is 9.12. The Hall–Kier alpha value is -2.25. The Morgan fingerprint density at radius 3 is 2.70 bits per heavy atom. The number of rotatable bonds is 6. The first-order valence-corrected chi connectivity index (χ1v) is 10.3. The Labute approximate surface area is 163 Å². The fourth-order valence-electron chi connectivity index (χ4n) is 3.18. The summed E-state index contributed by atoms with van der Waals surface area (Å²) in [4.78, 5) is 27.5. The highest BCUT2D eigenvalue weighted by Gasteiger charge is 2.22. The zero-order valence-electron chi connectivity index (χ0n) is 15.4. The van der Waals surface area contributed by atoms with Gasteiger partial charge in [-0.1, -0.05) is 6.07 Å². The van der Waals surface area contributed by atoms with Crippen LogP contribution < -0.4 is 10.6 Å². The van der Waals surface area contributed by atoms with Gasteiger partial charge < -0.3 is 15.1 Å². The van der Waals surface area contributed by atoms with Gasteiger partial charge in [0.15, 0.2) is 0 Å². The molecule has 1 aromatic carbocycles. The van der Waals surface area contributed by atoms with Gasteiger partial charge in [-0.2, -0.15) is 0 Å². The van der Waals surface area contributed by atoms with Crippen molar-refractivity contribution < 1.29 is 14.0 Å². The standard InChI is InChI=1S/C20H25N3O3S/c1-27-18-6-2-4-16(12-18)22-20(25)19(24)21-13-15-7-9-23(10-8-15)14-17-5-3-11-26-17/h2-6,11-12,15H,7-10,13-14H2,1H3,(H,21,24)(H,22,25). The third-order valence-corrected chi connectivity index (χ3v) is 5.48. The summed E-state index contributed by atoms with van der Waals surface area (Å²) in [5, 5.41) is 5.42. The van der Waals surface area contributed by atoms with Gasteiger partial charge in [0.2, 0.25) is 0 Å². The molecule has 2 N–H and O–H groups in total. The molecule has 1 aliphatic heterocycles. The number of hydrogen-bond acceptors (Lipinski definition) is 5. The molecule has 1 saturated heterocycles. The van der Waals surface area contributed by atoms with E-state index in [1.54, 1.807) is 24.1 Å². The number of piperidine rings is 1. The van der Waals surface area contributed by atoms with Gasteiger partial charge in [-0.25, -0.2) is 0 Å². The van der Waals surface area contributed by atoms with E-state index in [0.717, 1.165) is 43.1 Å². The quantitative estimate of drug-likeness (QED) is 0.589. The Kier molecular flexibility index (Phi) is 6.95. The molecule has 6 nitrogen and oxygen atoms in total. The second-order valence-corrected chi connectivity index (χ2v) is 7.57. The molecule has 27 heavy (non-hydrogen) atoms. The van der Waals surface area contributed by atoms with Crippen LogP contribution in [0.4, 0.5) is 5.69 Å². The largest absolute Gasteiger partial charge is 0.468 e. The van der Waals surface area contributed by atoms with Crippen molar-refractivity contribution in [3.8, 4) is 0 Å². The molecule has 144 valence electrons. The van der Waals surface area contributed by atoms with E-state index in [9.17, 15) is 9.59 Å². The van der Waals surface area contributed by atoms with Crippen molar-refractivity contribution in [1.82, 2.24) is 10.2 Å². The van der Waals surface area contributed by atoms with Gasteiger partial charge in [0.1, 0.15) is 5.76 Å². The second kappa shape index (κ2) is 9.62. The maximum Gasteiger partial charge on any atom is 0.313 e. The first kappa shape index (κ1) is 19.5. The van der Waals surface area contributed by atoms with Gasteiger partial charge in [0, 0.05) is 17.1 Å². The topological polar surface area (TPSA) is 74.6 Å². The molecular formula is C20H25N3O3S. The summed E-state index contributed by atoms with van der Waals surface area (Å²) in [5.74, 6) is 0.171. The number of anilines is 1. The highest BCUT2D eigenvalue weighted by Crippen LogP contribution is 2.20. The average Bonchev–Trinajstić information content (AvgIpc) is 3.20. The van der Waals surface area contributed by atoms with Crippen LogP contribution in [0.15, 0.2) is 52.0 Å². The fraction of sp³-hybridized carbons (Fsp3) is 0.400. The average molecular weight is 388 g/mol. The number of carbonyl (C=O) groups is 2. The third-order valence-electron chi connectivity index (χ3n) is 4.75. The van der Waals surface area contributed by atoms with Crippen molar-refractivity contribution in [1.29, 1.82) is 0 Å². The predicted octanol–water partition coefficient (Wildman–Crippen LogP) is 2.97. The summed E-state index contributed by atoms with van der Waals surface area (Å²) in [6.07, 6.45) is 5.66. The van der Waals surface area contributed by atoms with Gasteiger partial charge in [0.05, 0.1) is 12.8 Å². The number of thioether (sulfide) groups is 1. The van der Waals surface area contributed by atoms with Crippen LogP contribution in [-0.4, -0.2) is 42.6 Å². The molecule has 1 fully saturated rings. The van der Waals surface area contributed by atoms with Crippen molar-refractivity contribution in [2.24, 2.45) is 5.92 Å². The Morgan fingerprint density at radius 1 is 1.19 bits per heavy atom. The Morgan fingerprint density at radius 2 is 2.00 bits per heavy atom. The Bertz CT molecular complexity index is 756. The summed E-state index contributed by atoms with van der Waals surface area (Å²) in [6, 6.07) is 11.3. The van der Waals surface area contributed by atoms with E-state index < -0.39 is 11.8 Å². The molecule has 0 radical (unpaired) electrons. The fourth-order valence-corrected chi connectivity index (χ4v) is 3.64. The maximum absolute atomic E-state index is 12.1. The maximum atomic E-state index is 12.1. The van der Waals surface area contributed by atoms with Crippen LogP contribution in [0.1, 0.15) is 18.6 Å². The second-order valence-electron chi connectivity index (χ2n) is 6.69. The minimum absolute atomic E-state index is 0.398. The van der Waals surface area contributed by atoms with Gasteiger partial charge in [0.25, 0.3) is 0 Å². The van der Waals surface area contributed by atoms with Crippen molar-refractivity contribution in [3.05, 3.63) is 48.4 Å². The van der Waals surface area contributed by atoms with Crippen LogP contribution in [-0.2, 0) is 16.1 Å². The number of benzene rings is 1. The van der Waals surface area contributed by atoms with E-state index in [2.05, 4.69) is 15.5 Å². The van der Waals surface area contributed by atoms with Crippen LogP contribution in [0.3, 0.4) is 0 Å². The molecular weight excluding hydrogens is 362 g/mol. The SMILES string of the molecule is CSc1cccc(NC(=O)C(=O)NCC2CCN(Cc3ccco3)CC2)c1. The number of amides is 2. The molecule has 3 rings (SSSR count). The molecule has 1 aromatic heterocycles. The van der Waals surface area contributed by atoms with Gasteiger partial charge in [-0.15, -0.1) is 11.8 Å². The lowest BCUT2D eigenvalue weighted by Crippen LogP contribution is -2.41. The van der Waals surface area contributed by atoms with Gasteiger partial charge in [-0.3, -0.25) is 14.5 Å². The predicted molar refractivity (Wildman–Crippen MR) is 107 cm³/mol. The summed E-state index contributed by atoms with van der Waals surface area (Å²) >= 11 is 1.59. The molecule has 7 heteroatoms. The van der Waals surface area contributed by atoms with Crippen molar-refractivity contribution in [3.63, 3.8) is 0 Å². The van der Waals surface area contributed by atoms with E-state index in [1.165, 1.54) is 0 Å². The highest BCUT2D eigenvalue weighted by molar-refractivity contribution is 7.98. The molecule has 2 amide bonds. The molecule has 0 saturated carbocycles. The van der Waals surface area contributed by atoms with E-state index in [-0.39, 0.29) is 0 Å². The van der Waals surface area contributed by atoms with E-state index >= 15 is 0 Å². The molecule has 2 heterocycles. The van der Waals surface area contributed by atoms with E-state index in [0.29, 0.717) is 18.2 Å². The highest BCUT2D eigenvalue weighted by atomic mass is 32.2. The number of carbonyl (C=O) groups excluding carboxylic acids is 2. The molecule has 1 aliphatic rings. The number of nitrogens with zero attached hydrogens (tertiary/aromatic N) is 1. The smallest absolute Gasteiger partial charge is 0.313 e. The van der Waals surface area contributed by atoms with Crippen LogP contribution in [0.2, 0.25) is 0 Å². The van der Waals surface area contributed by atoms with E-state index in [4.69, 9.17) is 4.42 Å². The molecule has 0 aliphatic carbocycles. The van der Waals surface area contributed by atoms with Gasteiger partial charge in [-0.05, 0) is 68.4 Å². The zero-order valence-corrected chi connectivity index (χ0v) is 16.3. The number of likely N-dealkylation sites (tertiary alicyclic amines) is 1. The Balaban J connectivity index is 1.38. The monoisotopic (exact) mass is 387 g/mol.